The normalized spacial score (nSPS) is 19.8. The van der Waals surface area contributed by atoms with Crippen molar-refractivity contribution in [2.75, 3.05) is 7.11 Å². The molecule has 3 rings (SSSR count). The molecule has 0 saturated heterocycles. The summed E-state index contributed by atoms with van der Waals surface area (Å²) in [6, 6.07) is 13.4. The van der Waals surface area contributed by atoms with Crippen LogP contribution in [-0.2, 0) is 14.3 Å². The molecule has 108 valence electrons. The quantitative estimate of drug-likeness (QED) is 0.866. The Morgan fingerprint density at radius 1 is 1.24 bits per heavy atom. The standard InChI is InChI=1S/C16H13BrO4/c1-20-14-12(17)16(19)21-15(14)13(18)11-8-4-6-9-5-2-3-7-10(9)11/h2-8,13,15,18H,1H3. The van der Waals surface area contributed by atoms with Crippen LogP contribution >= 0.6 is 15.9 Å². The summed E-state index contributed by atoms with van der Waals surface area (Å²) in [5.41, 5.74) is 0.697. The number of methoxy groups -OCH3 is 1. The number of fused-ring (bicyclic) bond motifs is 1. The maximum absolute atomic E-state index is 11.6. The molecule has 0 amide bonds. The number of benzene rings is 2. The Labute approximate surface area is 130 Å². The van der Waals surface area contributed by atoms with Gasteiger partial charge in [0.15, 0.2) is 11.9 Å². The monoisotopic (exact) mass is 348 g/mol. The summed E-state index contributed by atoms with van der Waals surface area (Å²) in [4.78, 5) is 11.6. The summed E-state index contributed by atoms with van der Waals surface area (Å²) < 4.78 is 10.6. The third-order valence-corrected chi connectivity index (χ3v) is 4.25. The molecule has 1 N–H and O–H groups in total. The Hall–Kier alpha value is -1.85. The van der Waals surface area contributed by atoms with Crippen LogP contribution in [0.3, 0.4) is 0 Å². The molecule has 1 heterocycles. The second-order valence-corrected chi connectivity index (χ2v) is 5.51. The van der Waals surface area contributed by atoms with Gasteiger partial charge < -0.3 is 14.6 Å². The first kappa shape index (κ1) is 14.1. The van der Waals surface area contributed by atoms with Crippen LogP contribution in [0.2, 0.25) is 0 Å². The lowest BCUT2D eigenvalue weighted by Crippen LogP contribution is -2.22. The third kappa shape index (κ3) is 2.32. The SMILES string of the molecule is COC1=C(Br)C(=O)OC1C(O)c1cccc2ccccc12. The number of cyclic esters (lactones) is 1. The molecule has 0 bridgehead atoms. The van der Waals surface area contributed by atoms with Gasteiger partial charge in [-0.3, -0.25) is 0 Å². The summed E-state index contributed by atoms with van der Waals surface area (Å²) >= 11 is 3.13. The van der Waals surface area contributed by atoms with E-state index in [1.165, 1.54) is 7.11 Å². The molecular formula is C16H13BrO4. The van der Waals surface area contributed by atoms with E-state index in [0.717, 1.165) is 10.8 Å². The van der Waals surface area contributed by atoms with Crippen molar-refractivity contribution in [1.82, 2.24) is 0 Å². The number of aliphatic hydroxyl groups excluding tert-OH is 1. The molecule has 0 fully saturated rings. The van der Waals surface area contributed by atoms with Crippen molar-refractivity contribution >= 4 is 32.7 Å². The zero-order chi connectivity index (χ0) is 15.0. The molecule has 0 aliphatic carbocycles. The van der Waals surface area contributed by atoms with Crippen molar-refractivity contribution in [3.05, 3.63) is 58.3 Å². The predicted octanol–water partition coefficient (Wildman–Crippen LogP) is 3.05. The molecule has 2 atom stereocenters. The van der Waals surface area contributed by atoms with Crippen LogP contribution in [0, 0.1) is 0 Å². The topological polar surface area (TPSA) is 55.8 Å². The number of carbonyl (C=O) groups excluding carboxylic acids is 1. The van der Waals surface area contributed by atoms with Gasteiger partial charge in [-0.15, -0.1) is 0 Å². The number of aliphatic hydroxyl groups is 1. The highest BCUT2D eigenvalue weighted by Crippen LogP contribution is 2.37. The number of esters is 1. The van der Waals surface area contributed by atoms with E-state index in [4.69, 9.17) is 9.47 Å². The second kappa shape index (κ2) is 5.50. The van der Waals surface area contributed by atoms with Gasteiger partial charge in [0.25, 0.3) is 0 Å². The summed E-state index contributed by atoms with van der Waals surface area (Å²) in [7, 11) is 1.45. The third-order valence-electron chi connectivity index (χ3n) is 3.54. The van der Waals surface area contributed by atoms with Gasteiger partial charge >= 0.3 is 5.97 Å². The molecule has 2 unspecified atom stereocenters. The van der Waals surface area contributed by atoms with Gasteiger partial charge in [-0.1, -0.05) is 42.5 Å². The minimum atomic E-state index is -0.995. The molecule has 0 spiro atoms. The molecule has 2 aromatic rings. The number of carbonyl (C=O) groups is 1. The highest BCUT2D eigenvalue weighted by atomic mass is 79.9. The van der Waals surface area contributed by atoms with Gasteiger partial charge in [-0.25, -0.2) is 4.79 Å². The van der Waals surface area contributed by atoms with E-state index < -0.39 is 18.2 Å². The number of hydrogen-bond donors (Lipinski definition) is 1. The first-order valence-electron chi connectivity index (χ1n) is 6.44. The van der Waals surface area contributed by atoms with Crippen LogP contribution in [0.25, 0.3) is 10.8 Å². The molecule has 1 aliphatic rings. The molecule has 21 heavy (non-hydrogen) atoms. The fraction of sp³-hybridized carbons (Fsp3) is 0.188. The van der Waals surface area contributed by atoms with Crippen LogP contribution in [0.4, 0.5) is 0 Å². The Balaban J connectivity index is 2.06. The maximum atomic E-state index is 11.6. The minimum Gasteiger partial charge on any atom is -0.496 e. The summed E-state index contributed by atoms with van der Waals surface area (Å²) in [5, 5.41) is 12.6. The van der Waals surface area contributed by atoms with Crippen molar-refractivity contribution in [3.63, 3.8) is 0 Å². The van der Waals surface area contributed by atoms with Crippen LogP contribution < -0.4 is 0 Å². The molecule has 0 radical (unpaired) electrons. The molecule has 4 nitrogen and oxygen atoms in total. The van der Waals surface area contributed by atoms with E-state index in [-0.39, 0.29) is 4.48 Å². The molecule has 5 heteroatoms. The van der Waals surface area contributed by atoms with E-state index in [1.807, 2.05) is 42.5 Å². The van der Waals surface area contributed by atoms with Crippen molar-refractivity contribution in [2.45, 2.75) is 12.2 Å². The second-order valence-electron chi connectivity index (χ2n) is 4.72. The largest absolute Gasteiger partial charge is 0.496 e. The predicted molar refractivity (Wildman–Crippen MR) is 81.7 cm³/mol. The van der Waals surface area contributed by atoms with Gasteiger partial charge in [0.1, 0.15) is 10.6 Å². The van der Waals surface area contributed by atoms with E-state index in [2.05, 4.69) is 15.9 Å². The smallest absolute Gasteiger partial charge is 0.349 e. The zero-order valence-electron chi connectivity index (χ0n) is 11.2. The van der Waals surface area contributed by atoms with Gasteiger partial charge in [-0.05, 0) is 32.3 Å². The van der Waals surface area contributed by atoms with E-state index in [0.29, 0.717) is 11.3 Å². The fourth-order valence-electron chi connectivity index (χ4n) is 2.53. The first-order valence-corrected chi connectivity index (χ1v) is 7.23. The lowest BCUT2D eigenvalue weighted by molar-refractivity contribution is -0.144. The molecule has 2 aromatic carbocycles. The van der Waals surface area contributed by atoms with Gasteiger partial charge in [0, 0.05) is 0 Å². The minimum absolute atomic E-state index is 0.217. The van der Waals surface area contributed by atoms with Gasteiger partial charge in [0.2, 0.25) is 0 Å². The average molecular weight is 349 g/mol. The van der Waals surface area contributed by atoms with Gasteiger partial charge in [0.05, 0.1) is 7.11 Å². The number of halogens is 1. The lowest BCUT2D eigenvalue weighted by atomic mass is 9.97. The van der Waals surface area contributed by atoms with Crippen LogP contribution in [0.5, 0.6) is 0 Å². The Morgan fingerprint density at radius 3 is 2.71 bits per heavy atom. The first-order chi connectivity index (χ1) is 10.1. The van der Waals surface area contributed by atoms with Crippen molar-refractivity contribution in [2.24, 2.45) is 0 Å². The maximum Gasteiger partial charge on any atom is 0.349 e. The number of rotatable bonds is 3. The molecular weight excluding hydrogens is 336 g/mol. The number of hydrogen-bond acceptors (Lipinski definition) is 4. The summed E-state index contributed by atoms with van der Waals surface area (Å²) in [5.74, 6) is -0.225. The fourth-order valence-corrected chi connectivity index (χ4v) is 3.01. The average Bonchev–Trinajstić information content (AvgIpc) is 2.81. The lowest BCUT2D eigenvalue weighted by Gasteiger charge is -2.21. The summed E-state index contributed by atoms with van der Waals surface area (Å²) in [6.45, 7) is 0. The van der Waals surface area contributed by atoms with Crippen LogP contribution in [0.15, 0.2) is 52.7 Å². The van der Waals surface area contributed by atoms with Crippen LogP contribution in [0.1, 0.15) is 11.7 Å². The van der Waals surface area contributed by atoms with E-state index in [9.17, 15) is 9.90 Å². The molecule has 0 saturated carbocycles. The molecule has 1 aliphatic heterocycles. The number of ether oxygens (including phenoxy) is 2. The molecule has 0 aromatic heterocycles. The Kier molecular flexibility index (Phi) is 3.69. The zero-order valence-corrected chi connectivity index (χ0v) is 12.8. The Bertz CT molecular complexity index is 733. The van der Waals surface area contributed by atoms with Crippen molar-refractivity contribution in [1.29, 1.82) is 0 Å². The van der Waals surface area contributed by atoms with Gasteiger partial charge in [-0.2, -0.15) is 0 Å². The highest BCUT2D eigenvalue weighted by molar-refractivity contribution is 9.12. The Morgan fingerprint density at radius 2 is 1.95 bits per heavy atom. The highest BCUT2D eigenvalue weighted by Gasteiger charge is 2.40. The van der Waals surface area contributed by atoms with E-state index in [1.54, 1.807) is 0 Å². The van der Waals surface area contributed by atoms with Crippen molar-refractivity contribution in [3.8, 4) is 0 Å². The van der Waals surface area contributed by atoms with Crippen LogP contribution in [-0.4, -0.2) is 24.3 Å². The van der Waals surface area contributed by atoms with E-state index >= 15 is 0 Å². The summed E-state index contributed by atoms with van der Waals surface area (Å²) in [6.07, 6.45) is -1.84. The van der Waals surface area contributed by atoms with Crippen molar-refractivity contribution < 1.29 is 19.4 Å².